The van der Waals surface area contributed by atoms with Gasteiger partial charge in [-0.1, -0.05) is 0 Å². The van der Waals surface area contributed by atoms with Crippen molar-refractivity contribution >= 4 is 10.9 Å². The second-order valence-corrected chi connectivity index (χ2v) is 6.80. The second-order valence-electron chi connectivity index (χ2n) is 6.80. The van der Waals surface area contributed by atoms with Crippen molar-refractivity contribution in [1.29, 1.82) is 0 Å². The molecule has 3 aromatic rings. The maximum absolute atomic E-state index is 12.5. The molecule has 1 N–H and O–H groups in total. The van der Waals surface area contributed by atoms with E-state index in [2.05, 4.69) is 14.9 Å². The number of aromatic amines is 1. The molecule has 3 heterocycles. The van der Waals surface area contributed by atoms with Crippen molar-refractivity contribution in [3.8, 4) is 11.5 Å². The van der Waals surface area contributed by atoms with Crippen LogP contribution in [0.1, 0.15) is 30.3 Å². The fraction of sp³-hybridized carbons (Fsp3) is 0.400. The number of aromatic nitrogens is 2. The molecule has 27 heavy (non-hydrogen) atoms. The van der Waals surface area contributed by atoms with E-state index in [-0.39, 0.29) is 5.56 Å². The summed E-state index contributed by atoms with van der Waals surface area (Å²) in [5, 5.41) is 0.493. The molecule has 2 aromatic heterocycles. The number of fused-ring (bicyclic) bond motifs is 1. The van der Waals surface area contributed by atoms with E-state index in [0.29, 0.717) is 40.7 Å². The highest BCUT2D eigenvalue weighted by molar-refractivity contribution is 5.81. The molecule has 1 saturated heterocycles. The third kappa shape index (κ3) is 3.55. The molecule has 1 aromatic carbocycles. The number of rotatable bonds is 5. The molecule has 0 radical (unpaired) electrons. The van der Waals surface area contributed by atoms with Gasteiger partial charge in [0.25, 0.3) is 5.56 Å². The second kappa shape index (κ2) is 7.44. The van der Waals surface area contributed by atoms with Gasteiger partial charge < -0.3 is 18.9 Å². The maximum Gasteiger partial charge on any atom is 0.258 e. The van der Waals surface area contributed by atoms with Crippen LogP contribution in [0.25, 0.3) is 10.9 Å². The molecule has 0 saturated carbocycles. The van der Waals surface area contributed by atoms with Gasteiger partial charge in [-0.2, -0.15) is 0 Å². The summed E-state index contributed by atoms with van der Waals surface area (Å²) in [6.45, 7) is 2.50. The van der Waals surface area contributed by atoms with Crippen LogP contribution in [0.3, 0.4) is 0 Å². The van der Waals surface area contributed by atoms with Crippen LogP contribution in [0.5, 0.6) is 11.5 Å². The van der Waals surface area contributed by atoms with Crippen LogP contribution in [-0.2, 0) is 6.54 Å². The summed E-state index contributed by atoms with van der Waals surface area (Å²) < 4.78 is 16.1. The van der Waals surface area contributed by atoms with Crippen molar-refractivity contribution in [2.45, 2.75) is 25.3 Å². The van der Waals surface area contributed by atoms with Crippen LogP contribution in [0, 0.1) is 0 Å². The van der Waals surface area contributed by atoms with E-state index in [0.717, 1.165) is 31.7 Å². The molecule has 0 unspecified atom stereocenters. The Hall–Kier alpha value is -2.80. The van der Waals surface area contributed by atoms with E-state index in [1.165, 1.54) is 0 Å². The number of benzene rings is 1. The van der Waals surface area contributed by atoms with Crippen LogP contribution in [0.4, 0.5) is 0 Å². The monoisotopic (exact) mass is 369 g/mol. The molecule has 0 spiro atoms. The Balaban J connectivity index is 1.52. The Kier molecular flexibility index (Phi) is 4.85. The molecule has 142 valence electrons. The molecule has 7 heteroatoms. The van der Waals surface area contributed by atoms with Gasteiger partial charge in [-0.3, -0.25) is 9.69 Å². The molecule has 7 nitrogen and oxygen atoms in total. The Bertz CT molecular complexity index is 973. The predicted octanol–water partition coefficient (Wildman–Crippen LogP) is 2.91. The quantitative estimate of drug-likeness (QED) is 0.745. The molecule has 1 fully saturated rings. The molecular weight excluding hydrogens is 346 g/mol. The van der Waals surface area contributed by atoms with E-state index >= 15 is 0 Å². The summed E-state index contributed by atoms with van der Waals surface area (Å²) >= 11 is 0. The number of nitrogens with one attached hydrogen (secondary N) is 1. The number of methoxy groups -OCH3 is 2. The van der Waals surface area contributed by atoms with Gasteiger partial charge in [0, 0.05) is 12.0 Å². The first kappa shape index (κ1) is 17.6. The van der Waals surface area contributed by atoms with E-state index in [4.69, 9.17) is 13.9 Å². The first-order valence-corrected chi connectivity index (χ1v) is 9.08. The van der Waals surface area contributed by atoms with Gasteiger partial charge in [-0.25, -0.2) is 4.98 Å². The summed E-state index contributed by atoms with van der Waals surface area (Å²) in [5.74, 6) is 3.28. The Morgan fingerprint density at radius 3 is 2.63 bits per heavy atom. The molecule has 0 bridgehead atoms. The first-order valence-electron chi connectivity index (χ1n) is 9.08. The zero-order valence-corrected chi connectivity index (χ0v) is 15.5. The predicted molar refractivity (Wildman–Crippen MR) is 101 cm³/mol. The largest absolute Gasteiger partial charge is 0.493 e. The number of nitrogens with zero attached hydrogens (tertiary/aromatic N) is 2. The minimum atomic E-state index is -0.165. The van der Waals surface area contributed by atoms with Gasteiger partial charge in [0.15, 0.2) is 11.5 Å². The fourth-order valence-corrected chi connectivity index (χ4v) is 3.70. The third-order valence-corrected chi connectivity index (χ3v) is 5.17. The lowest BCUT2D eigenvalue weighted by molar-refractivity contribution is 0.191. The van der Waals surface area contributed by atoms with Gasteiger partial charge >= 0.3 is 0 Å². The Morgan fingerprint density at radius 1 is 1.22 bits per heavy atom. The van der Waals surface area contributed by atoms with Crippen molar-refractivity contribution in [2.75, 3.05) is 27.3 Å². The first-order chi connectivity index (χ1) is 13.2. The number of H-pyrrole nitrogens is 1. The van der Waals surface area contributed by atoms with Crippen molar-refractivity contribution in [1.82, 2.24) is 14.9 Å². The summed E-state index contributed by atoms with van der Waals surface area (Å²) in [7, 11) is 3.12. The molecule has 0 amide bonds. The van der Waals surface area contributed by atoms with Gasteiger partial charge in [0.2, 0.25) is 0 Å². The molecule has 0 aliphatic carbocycles. The van der Waals surface area contributed by atoms with Crippen LogP contribution < -0.4 is 15.0 Å². The molecule has 1 aliphatic heterocycles. The molecular formula is C20H23N3O4. The van der Waals surface area contributed by atoms with Crippen LogP contribution >= 0.6 is 0 Å². The lowest BCUT2D eigenvalue weighted by atomic mass is 9.94. The third-order valence-electron chi connectivity index (χ3n) is 5.17. The van der Waals surface area contributed by atoms with Gasteiger partial charge in [0.05, 0.1) is 37.9 Å². The zero-order valence-electron chi connectivity index (χ0n) is 15.5. The van der Waals surface area contributed by atoms with Gasteiger partial charge in [-0.15, -0.1) is 0 Å². The van der Waals surface area contributed by atoms with E-state index in [1.54, 1.807) is 32.6 Å². The molecule has 4 rings (SSSR count). The number of furan rings is 1. The summed E-state index contributed by atoms with van der Waals surface area (Å²) in [5.41, 5.74) is 0.443. The van der Waals surface area contributed by atoms with E-state index in [9.17, 15) is 4.79 Å². The normalized spacial score (nSPS) is 15.9. The zero-order chi connectivity index (χ0) is 18.8. The SMILES string of the molecule is COc1cc2nc(CN3CCC(c4ccco4)CC3)[nH]c(=O)c2cc1OC. The Labute approximate surface area is 156 Å². The lowest BCUT2D eigenvalue weighted by Gasteiger charge is -2.30. The highest BCUT2D eigenvalue weighted by Crippen LogP contribution is 2.31. The van der Waals surface area contributed by atoms with Crippen molar-refractivity contribution in [3.63, 3.8) is 0 Å². The van der Waals surface area contributed by atoms with Crippen LogP contribution in [0.15, 0.2) is 39.7 Å². The van der Waals surface area contributed by atoms with Gasteiger partial charge in [0.1, 0.15) is 11.6 Å². The molecule has 1 aliphatic rings. The lowest BCUT2D eigenvalue weighted by Crippen LogP contribution is -2.33. The maximum atomic E-state index is 12.5. The summed E-state index contributed by atoms with van der Waals surface area (Å²) in [4.78, 5) is 22.3. The average molecular weight is 369 g/mol. The van der Waals surface area contributed by atoms with Crippen molar-refractivity contribution in [2.24, 2.45) is 0 Å². The number of hydrogen-bond acceptors (Lipinski definition) is 6. The summed E-state index contributed by atoms with van der Waals surface area (Å²) in [6.07, 6.45) is 3.81. The van der Waals surface area contributed by atoms with Crippen LogP contribution in [0.2, 0.25) is 0 Å². The summed E-state index contributed by atoms with van der Waals surface area (Å²) in [6, 6.07) is 7.40. The number of piperidine rings is 1. The number of ether oxygens (including phenoxy) is 2. The average Bonchev–Trinajstić information content (AvgIpc) is 3.22. The molecule has 0 atom stereocenters. The minimum Gasteiger partial charge on any atom is -0.493 e. The standard InChI is InChI=1S/C20H23N3O4/c1-25-17-10-14-15(11-18(17)26-2)21-19(22-20(14)24)12-23-7-5-13(6-8-23)16-4-3-9-27-16/h3-4,9-11,13H,5-8,12H2,1-2H3,(H,21,22,24). The van der Waals surface area contributed by atoms with Crippen LogP contribution in [-0.4, -0.2) is 42.2 Å². The topological polar surface area (TPSA) is 80.6 Å². The highest BCUT2D eigenvalue weighted by atomic mass is 16.5. The Morgan fingerprint density at radius 2 is 1.96 bits per heavy atom. The van der Waals surface area contributed by atoms with E-state index in [1.807, 2.05) is 12.1 Å². The number of likely N-dealkylation sites (tertiary alicyclic amines) is 1. The number of hydrogen-bond donors (Lipinski definition) is 1. The smallest absolute Gasteiger partial charge is 0.258 e. The highest BCUT2D eigenvalue weighted by Gasteiger charge is 2.23. The van der Waals surface area contributed by atoms with Crippen molar-refractivity contribution in [3.05, 3.63) is 52.5 Å². The van der Waals surface area contributed by atoms with Gasteiger partial charge in [-0.05, 0) is 44.1 Å². The van der Waals surface area contributed by atoms with Crippen molar-refractivity contribution < 1.29 is 13.9 Å². The minimum absolute atomic E-state index is 0.165. The fourth-order valence-electron chi connectivity index (χ4n) is 3.70. The van der Waals surface area contributed by atoms with E-state index < -0.39 is 0 Å².